The molecule has 4 nitrogen and oxygen atoms in total. The highest BCUT2D eigenvalue weighted by Gasteiger charge is 2.70. The molecule has 0 radical (unpaired) electrons. The molecule has 0 N–H and O–H groups in total. The molecule has 7 rings (SSSR count). The van der Waals surface area contributed by atoms with Crippen molar-refractivity contribution in [2.24, 2.45) is 11.8 Å². The summed E-state index contributed by atoms with van der Waals surface area (Å²) < 4.78 is 0. The van der Waals surface area contributed by atoms with Crippen LogP contribution in [0.25, 0.3) is 0 Å². The van der Waals surface area contributed by atoms with Crippen LogP contribution in [-0.2, 0) is 20.4 Å². The molecule has 4 heteroatoms. The Hall–Kier alpha value is -3.71. The molecular formula is C27H20N2O2. The Kier molecular flexibility index (Phi) is 3.33. The van der Waals surface area contributed by atoms with Crippen LogP contribution in [0.5, 0.6) is 0 Å². The van der Waals surface area contributed by atoms with Crippen molar-refractivity contribution < 1.29 is 9.59 Å². The Morgan fingerprint density at radius 1 is 0.710 bits per heavy atom. The van der Waals surface area contributed by atoms with Gasteiger partial charge in [-0.1, -0.05) is 74.5 Å². The van der Waals surface area contributed by atoms with Gasteiger partial charge in [0, 0.05) is 10.8 Å². The summed E-state index contributed by atoms with van der Waals surface area (Å²) in [5.74, 6) is -1.45. The Morgan fingerprint density at radius 3 is 1.52 bits per heavy atom. The predicted octanol–water partition coefficient (Wildman–Crippen LogP) is 4.30. The van der Waals surface area contributed by atoms with Gasteiger partial charge in [-0.15, -0.1) is 0 Å². The third-order valence-electron chi connectivity index (χ3n) is 7.91. The van der Waals surface area contributed by atoms with E-state index < -0.39 is 22.7 Å². The Morgan fingerprint density at radius 2 is 1.10 bits per heavy atom. The van der Waals surface area contributed by atoms with Crippen molar-refractivity contribution in [3.8, 4) is 6.07 Å². The summed E-state index contributed by atoms with van der Waals surface area (Å²) in [6, 6.07) is 25.4. The fraction of sp³-hybridized carbons (Fsp3) is 0.222. The van der Waals surface area contributed by atoms with E-state index in [1.807, 2.05) is 24.3 Å². The average Bonchev–Trinajstić information content (AvgIpc) is 3.08. The maximum absolute atomic E-state index is 14.0. The lowest BCUT2D eigenvalue weighted by Crippen LogP contribution is -2.59. The lowest BCUT2D eigenvalue weighted by molar-refractivity contribution is -0.124. The second kappa shape index (κ2) is 5.70. The van der Waals surface area contributed by atoms with Gasteiger partial charge in [-0.25, -0.2) is 4.90 Å². The first-order chi connectivity index (χ1) is 15.0. The Labute approximate surface area is 180 Å². The number of benzene rings is 3. The molecule has 3 aromatic rings. The zero-order chi connectivity index (χ0) is 21.5. The monoisotopic (exact) mass is 404 g/mol. The summed E-state index contributed by atoms with van der Waals surface area (Å²) >= 11 is 0. The third kappa shape index (κ3) is 1.86. The lowest BCUT2D eigenvalue weighted by Gasteiger charge is -2.57. The van der Waals surface area contributed by atoms with E-state index in [0.29, 0.717) is 11.3 Å². The van der Waals surface area contributed by atoms with Gasteiger partial charge in [0.05, 0.1) is 23.1 Å². The maximum Gasteiger partial charge on any atom is 0.239 e. The molecule has 0 spiro atoms. The van der Waals surface area contributed by atoms with Gasteiger partial charge < -0.3 is 0 Å². The van der Waals surface area contributed by atoms with E-state index >= 15 is 0 Å². The average molecular weight is 404 g/mol. The maximum atomic E-state index is 14.0. The van der Waals surface area contributed by atoms with E-state index in [-0.39, 0.29) is 11.8 Å². The first-order valence-electron chi connectivity index (χ1n) is 10.5. The summed E-state index contributed by atoms with van der Waals surface area (Å²) in [5, 5.41) is 9.61. The largest absolute Gasteiger partial charge is 0.274 e. The molecule has 2 atom stereocenters. The number of para-hydroxylation sites is 1. The van der Waals surface area contributed by atoms with Gasteiger partial charge >= 0.3 is 0 Å². The van der Waals surface area contributed by atoms with Gasteiger partial charge in [0.15, 0.2) is 0 Å². The number of imide groups is 1. The number of anilines is 1. The summed E-state index contributed by atoms with van der Waals surface area (Å²) in [6.45, 7) is 4.21. The van der Waals surface area contributed by atoms with Gasteiger partial charge in [-0.2, -0.15) is 5.26 Å². The topological polar surface area (TPSA) is 61.2 Å². The van der Waals surface area contributed by atoms with Gasteiger partial charge in [-0.3, -0.25) is 9.59 Å². The van der Waals surface area contributed by atoms with Crippen molar-refractivity contribution >= 4 is 17.5 Å². The summed E-state index contributed by atoms with van der Waals surface area (Å²) in [5.41, 5.74) is 3.97. The number of nitrogens with zero attached hydrogens (tertiary/aromatic N) is 2. The van der Waals surface area contributed by atoms with E-state index in [9.17, 15) is 14.9 Å². The van der Waals surface area contributed by atoms with Gasteiger partial charge in [-0.05, 0) is 34.4 Å². The van der Waals surface area contributed by atoms with E-state index in [0.717, 1.165) is 22.3 Å². The molecular weight excluding hydrogens is 384 g/mol. The van der Waals surface area contributed by atoms with E-state index in [2.05, 4.69) is 44.2 Å². The fourth-order valence-corrected chi connectivity index (χ4v) is 6.57. The van der Waals surface area contributed by atoms with Crippen molar-refractivity contribution in [1.82, 2.24) is 0 Å². The van der Waals surface area contributed by atoms with E-state index in [4.69, 9.17) is 0 Å². The Balaban J connectivity index is 1.68. The highest BCUT2D eigenvalue weighted by molar-refractivity contribution is 6.24. The number of hydrogen-bond acceptors (Lipinski definition) is 3. The van der Waals surface area contributed by atoms with E-state index in [1.165, 1.54) is 4.90 Å². The number of nitriles is 1. The molecule has 4 aliphatic rings. The molecule has 1 aliphatic heterocycles. The minimum Gasteiger partial charge on any atom is -0.274 e. The summed E-state index contributed by atoms with van der Waals surface area (Å²) in [4.78, 5) is 29.2. The lowest BCUT2D eigenvalue weighted by atomic mass is 9.42. The van der Waals surface area contributed by atoms with Crippen molar-refractivity contribution in [1.29, 1.82) is 5.26 Å². The number of carbonyl (C=O) groups is 2. The smallest absolute Gasteiger partial charge is 0.239 e. The molecule has 1 fully saturated rings. The standard InChI is InChI=1S/C27H20N2O2/c1-26-17-10-4-6-12-19(17)27(2,20-13-7-5-11-18(20)26)23-22(26)24(30)29(25(23)31)21-14-8-3-9-16(21)15-28/h3-14,22-23H,1-2H3/t22-,23+,26?,27?. The third-order valence-corrected chi connectivity index (χ3v) is 7.91. The van der Waals surface area contributed by atoms with Crippen LogP contribution >= 0.6 is 0 Å². The van der Waals surface area contributed by atoms with E-state index in [1.54, 1.807) is 24.3 Å². The Bertz CT molecular complexity index is 1230. The van der Waals surface area contributed by atoms with Crippen LogP contribution in [0.3, 0.4) is 0 Å². The minimum atomic E-state index is -0.612. The second-order valence-corrected chi connectivity index (χ2v) is 9.09. The zero-order valence-electron chi connectivity index (χ0n) is 17.3. The van der Waals surface area contributed by atoms with Crippen LogP contribution in [0.15, 0.2) is 72.8 Å². The van der Waals surface area contributed by atoms with Gasteiger partial charge in [0.2, 0.25) is 11.8 Å². The van der Waals surface area contributed by atoms with Crippen LogP contribution in [-0.4, -0.2) is 11.8 Å². The first kappa shape index (κ1) is 18.1. The van der Waals surface area contributed by atoms with Crippen LogP contribution < -0.4 is 4.90 Å². The molecule has 1 saturated heterocycles. The minimum absolute atomic E-state index is 0.213. The van der Waals surface area contributed by atoms with Crippen LogP contribution in [0.1, 0.15) is 41.7 Å². The quantitative estimate of drug-likeness (QED) is 0.568. The normalized spacial score (nSPS) is 29.9. The number of rotatable bonds is 1. The van der Waals surface area contributed by atoms with Crippen molar-refractivity contribution in [2.45, 2.75) is 24.7 Å². The van der Waals surface area contributed by atoms with Crippen molar-refractivity contribution in [3.05, 3.63) is 101 Å². The summed E-state index contributed by atoms with van der Waals surface area (Å²) in [7, 11) is 0. The molecule has 150 valence electrons. The van der Waals surface area contributed by atoms with Crippen molar-refractivity contribution in [3.63, 3.8) is 0 Å². The number of amides is 2. The molecule has 2 bridgehead atoms. The fourth-order valence-electron chi connectivity index (χ4n) is 6.57. The highest BCUT2D eigenvalue weighted by atomic mass is 16.2. The number of carbonyl (C=O) groups excluding carboxylic acids is 2. The van der Waals surface area contributed by atoms with Gasteiger partial charge in [0.1, 0.15) is 6.07 Å². The molecule has 0 saturated carbocycles. The predicted molar refractivity (Wildman–Crippen MR) is 116 cm³/mol. The molecule has 1 heterocycles. The highest BCUT2D eigenvalue weighted by Crippen LogP contribution is 2.66. The number of hydrogen-bond donors (Lipinski definition) is 0. The molecule has 0 aromatic heterocycles. The molecule has 2 amide bonds. The molecule has 0 unspecified atom stereocenters. The SMILES string of the molecule is CC12c3ccccc3C(C)(c3ccccc31)[C@H]1C(=O)N(c3ccccc3C#N)C(=O)[C@H]12. The molecule has 3 aliphatic carbocycles. The van der Waals surface area contributed by atoms with Crippen LogP contribution in [0, 0.1) is 23.2 Å². The molecule has 3 aromatic carbocycles. The van der Waals surface area contributed by atoms with Crippen molar-refractivity contribution in [2.75, 3.05) is 4.90 Å². The zero-order valence-corrected chi connectivity index (χ0v) is 17.3. The summed E-state index contributed by atoms with van der Waals surface area (Å²) in [6.07, 6.45) is 0. The first-order valence-corrected chi connectivity index (χ1v) is 10.5. The second-order valence-electron chi connectivity index (χ2n) is 9.09. The van der Waals surface area contributed by atoms with Gasteiger partial charge in [0.25, 0.3) is 0 Å². The van der Waals surface area contributed by atoms with Crippen LogP contribution in [0.2, 0.25) is 0 Å². The van der Waals surface area contributed by atoms with Crippen LogP contribution in [0.4, 0.5) is 5.69 Å². The molecule has 31 heavy (non-hydrogen) atoms.